The Hall–Kier alpha value is -2.44. The zero-order chi connectivity index (χ0) is 26.9. The summed E-state index contributed by atoms with van der Waals surface area (Å²) < 4.78 is 27.7. The van der Waals surface area contributed by atoms with Gasteiger partial charge in [-0.05, 0) is 36.3 Å². The van der Waals surface area contributed by atoms with Crippen LogP contribution in [-0.2, 0) is 25.5 Å². The molecule has 0 aliphatic rings. The fraction of sp³-hybridized carbons (Fsp3) is 0.724. The summed E-state index contributed by atoms with van der Waals surface area (Å²) in [5.74, 6) is -0.166. The summed E-state index contributed by atoms with van der Waals surface area (Å²) in [6.45, 7) is 9.08. The molecule has 7 nitrogen and oxygen atoms in total. The summed E-state index contributed by atoms with van der Waals surface area (Å²) >= 11 is 0. The summed E-state index contributed by atoms with van der Waals surface area (Å²) in [6.07, 6.45) is 8.26. The molecule has 2 unspecified atom stereocenters. The first-order valence-electron chi connectivity index (χ1n) is 13.5. The Morgan fingerprint density at radius 1 is 0.694 bits per heavy atom. The van der Waals surface area contributed by atoms with E-state index < -0.39 is 17.9 Å². The molecule has 0 bridgehead atoms. The fourth-order valence-electron chi connectivity index (χ4n) is 4.13. The zero-order valence-electron chi connectivity index (χ0n) is 23.5. The van der Waals surface area contributed by atoms with Crippen LogP contribution in [0.5, 0.6) is 17.2 Å². The van der Waals surface area contributed by atoms with Crippen LogP contribution < -0.4 is 14.2 Å². The van der Waals surface area contributed by atoms with Gasteiger partial charge in [0.1, 0.15) is 5.75 Å². The summed E-state index contributed by atoms with van der Waals surface area (Å²) in [6, 6.07) is 3.43. The van der Waals surface area contributed by atoms with Crippen LogP contribution in [0.15, 0.2) is 12.1 Å². The van der Waals surface area contributed by atoms with Gasteiger partial charge in [0, 0.05) is 12.5 Å². The van der Waals surface area contributed by atoms with Crippen LogP contribution in [0.2, 0.25) is 0 Å². The van der Waals surface area contributed by atoms with Gasteiger partial charge < -0.3 is 23.7 Å². The lowest BCUT2D eigenvalue weighted by atomic mass is 9.97. The topological polar surface area (TPSA) is 80.3 Å². The van der Waals surface area contributed by atoms with E-state index in [-0.39, 0.29) is 18.3 Å². The molecule has 0 aromatic heterocycles. The highest BCUT2D eigenvalue weighted by atomic mass is 16.6. The Kier molecular flexibility index (Phi) is 15.7. The Morgan fingerprint density at radius 2 is 1.14 bits per heavy atom. The monoisotopic (exact) mass is 508 g/mol. The number of ether oxygens (including phenoxy) is 5. The highest BCUT2D eigenvalue weighted by molar-refractivity contribution is 5.95. The van der Waals surface area contributed by atoms with E-state index in [0.717, 1.165) is 51.4 Å². The van der Waals surface area contributed by atoms with Gasteiger partial charge in [0.05, 0.1) is 34.5 Å². The van der Waals surface area contributed by atoms with Crippen molar-refractivity contribution in [1.82, 2.24) is 0 Å². The number of hydrogen-bond acceptors (Lipinski definition) is 7. The number of benzene rings is 1. The Labute approximate surface area is 218 Å². The predicted octanol–water partition coefficient (Wildman–Crippen LogP) is 6.39. The van der Waals surface area contributed by atoms with Crippen molar-refractivity contribution in [2.24, 2.45) is 17.8 Å². The average Bonchev–Trinajstić information content (AvgIpc) is 2.90. The van der Waals surface area contributed by atoms with E-state index >= 15 is 0 Å². The molecule has 36 heavy (non-hydrogen) atoms. The normalized spacial score (nSPS) is 13.4. The second-order valence-corrected chi connectivity index (χ2v) is 9.37. The van der Waals surface area contributed by atoms with E-state index in [1.807, 2.05) is 0 Å². The maximum atomic E-state index is 13.2. The molecule has 0 fully saturated rings. The lowest BCUT2D eigenvalue weighted by Gasteiger charge is -2.21. The molecule has 2 atom stereocenters. The van der Waals surface area contributed by atoms with Crippen molar-refractivity contribution < 1.29 is 33.3 Å². The third-order valence-electron chi connectivity index (χ3n) is 6.79. The van der Waals surface area contributed by atoms with Crippen LogP contribution in [0.1, 0.15) is 84.6 Å². The van der Waals surface area contributed by atoms with Crippen molar-refractivity contribution in [2.75, 3.05) is 34.5 Å². The van der Waals surface area contributed by atoms with Crippen molar-refractivity contribution in [3.63, 3.8) is 0 Å². The highest BCUT2D eigenvalue weighted by Crippen LogP contribution is 2.36. The van der Waals surface area contributed by atoms with Gasteiger partial charge in [0.2, 0.25) is 0 Å². The van der Waals surface area contributed by atoms with Gasteiger partial charge in [-0.15, -0.1) is 0 Å². The number of esters is 2. The molecule has 1 aromatic carbocycles. The van der Waals surface area contributed by atoms with Crippen LogP contribution >= 0.6 is 0 Å². The number of carbonyl (C=O) groups is 2. The van der Waals surface area contributed by atoms with Crippen LogP contribution in [0.4, 0.5) is 0 Å². The van der Waals surface area contributed by atoms with Crippen molar-refractivity contribution in [3.05, 3.63) is 17.7 Å². The smallest absolute Gasteiger partial charge is 0.320 e. The first-order valence-corrected chi connectivity index (χ1v) is 13.5. The van der Waals surface area contributed by atoms with Gasteiger partial charge in [-0.1, -0.05) is 66.2 Å². The minimum absolute atomic E-state index is 0.0820. The van der Waals surface area contributed by atoms with Crippen LogP contribution in [0, 0.1) is 17.8 Å². The predicted molar refractivity (Wildman–Crippen MR) is 142 cm³/mol. The summed E-state index contributed by atoms with van der Waals surface area (Å²) in [7, 11) is 4.62. The Bertz CT molecular complexity index is 745. The molecule has 1 rings (SSSR count). The molecule has 0 aliphatic heterocycles. The number of methoxy groups -OCH3 is 3. The number of carbonyl (C=O) groups excluding carboxylic acids is 2. The first-order chi connectivity index (χ1) is 17.4. The zero-order valence-corrected chi connectivity index (χ0v) is 23.5. The molecular weight excluding hydrogens is 460 g/mol. The number of unbranched alkanes of at least 4 members (excludes halogenated alkanes) is 2. The molecule has 0 heterocycles. The van der Waals surface area contributed by atoms with E-state index in [2.05, 4.69) is 27.7 Å². The van der Waals surface area contributed by atoms with Gasteiger partial charge in [-0.25, -0.2) is 0 Å². The van der Waals surface area contributed by atoms with E-state index in [1.54, 1.807) is 19.2 Å². The molecule has 0 aliphatic carbocycles. The second kappa shape index (κ2) is 17.9. The van der Waals surface area contributed by atoms with Crippen molar-refractivity contribution in [2.45, 2.75) is 85.5 Å². The fourth-order valence-corrected chi connectivity index (χ4v) is 4.13. The van der Waals surface area contributed by atoms with Gasteiger partial charge in [-0.3, -0.25) is 9.59 Å². The van der Waals surface area contributed by atoms with Crippen molar-refractivity contribution in [1.29, 1.82) is 0 Å². The quantitative estimate of drug-likeness (QED) is 0.158. The molecule has 7 heteroatoms. The minimum Gasteiger partial charge on any atom is -0.496 e. The van der Waals surface area contributed by atoms with Gasteiger partial charge in [0.25, 0.3) is 0 Å². The largest absolute Gasteiger partial charge is 0.496 e. The van der Waals surface area contributed by atoms with Crippen LogP contribution in [0.3, 0.4) is 0 Å². The molecular formula is C29H48O7. The molecule has 0 amide bonds. The lowest BCUT2D eigenvalue weighted by molar-refractivity contribution is -0.163. The van der Waals surface area contributed by atoms with Crippen molar-refractivity contribution >= 4 is 11.9 Å². The summed E-state index contributed by atoms with van der Waals surface area (Å²) in [5, 5.41) is 0. The highest BCUT2D eigenvalue weighted by Gasteiger charge is 2.32. The minimum atomic E-state index is -1.09. The molecule has 0 radical (unpaired) electrons. The van der Waals surface area contributed by atoms with Gasteiger partial charge in [0.15, 0.2) is 17.4 Å². The third kappa shape index (κ3) is 10.3. The maximum absolute atomic E-state index is 13.2. The van der Waals surface area contributed by atoms with E-state index in [4.69, 9.17) is 23.7 Å². The Balaban J connectivity index is 3.13. The van der Waals surface area contributed by atoms with Crippen LogP contribution in [-0.4, -0.2) is 46.5 Å². The Morgan fingerprint density at radius 3 is 1.53 bits per heavy atom. The molecule has 1 aromatic rings. The van der Waals surface area contributed by atoms with Crippen molar-refractivity contribution in [3.8, 4) is 17.2 Å². The molecule has 206 valence electrons. The first kappa shape index (κ1) is 31.6. The molecule has 0 spiro atoms. The summed E-state index contributed by atoms with van der Waals surface area (Å²) in [5.41, 5.74) is 0.644. The maximum Gasteiger partial charge on any atom is 0.320 e. The second-order valence-electron chi connectivity index (χ2n) is 9.37. The standard InChI is InChI=1S/C29H48O7/c1-8-12-14-21(10-3)19-35-28(30)24(29(31)36-20-22(11-4)15-13-9-2)16-23-17-26(33-6)27(34-7)18-25(23)32-5/h17-18,21-22,24H,8-16,19-20H2,1-7H3. The average molecular weight is 509 g/mol. The number of rotatable bonds is 19. The lowest BCUT2D eigenvalue weighted by Crippen LogP contribution is -2.32. The van der Waals surface area contributed by atoms with Gasteiger partial charge in [-0.2, -0.15) is 0 Å². The van der Waals surface area contributed by atoms with E-state index in [1.165, 1.54) is 14.2 Å². The molecule has 0 saturated heterocycles. The van der Waals surface area contributed by atoms with E-state index in [0.29, 0.717) is 36.0 Å². The summed E-state index contributed by atoms with van der Waals surface area (Å²) in [4.78, 5) is 26.5. The third-order valence-corrected chi connectivity index (χ3v) is 6.79. The molecule has 0 saturated carbocycles. The number of hydrogen-bond donors (Lipinski definition) is 0. The van der Waals surface area contributed by atoms with E-state index in [9.17, 15) is 9.59 Å². The van der Waals surface area contributed by atoms with Crippen LogP contribution in [0.25, 0.3) is 0 Å². The molecule has 0 N–H and O–H groups in total. The SMILES string of the molecule is CCCCC(CC)COC(=O)C(Cc1cc(OC)c(OC)cc1OC)C(=O)OCC(CC)CCCC. The van der Waals surface area contributed by atoms with Gasteiger partial charge >= 0.3 is 11.9 Å².